The zero-order valence-electron chi connectivity index (χ0n) is 9.40. The lowest BCUT2D eigenvalue weighted by Gasteiger charge is -2.20. The van der Waals surface area contributed by atoms with Crippen LogP contribution in [0.5, 0.6) is 0 Å². The molecule has 1 aromatic heterocycles. The van der Waals surface area contributed by atoms with Crippen molar-refractivity contribution in [3.05, 3.63) is 28.5 Å². The Balaban J connectivity index is 1.97. The molecule has 0 amide bonds. The first-order chi connectivity index (χ1) is 7.79. The minimum absolute atomic E-state index is 0.294. The summed E-state index contributed by atoms with van der Waals surface area (Å²) in [7, 11) is 0. The van der Waals surface area contributed by atoms with Gasteiger partial charge in [0.05, 0.1) is 0 Å². The highest BCUT2D eigenvalue weighted by Gasteiger charge is 2.24. The van der Waals surface area contributed by atoms with E-state index >= 15 is 0 Å². The number of aromatic nitrogens is 1. The molecule has 0 bridgehead atoms. The van der Waals surface area contributed by atoms with Crippen LogP contribution in [0.3, 0.4) is 0 Å². The molecule has 0 radical (unpaired) electrons. The van der Waals surface area contributed by atoms with Crippen LogP contribution in [0.1, 0.15) is 31.4 Å². The maximum Gasteiger partial charge on any atom is 0.0465 e. The second-order valence-electron chi connectivity index (χ2n) is 4.66. The zero-order chi connectivity index (χ0) is 11.4. The lowest BCUT2D eigenvalue weighted by molar-refractivity contribution is 0.175. The highest BCUT2D eigenvalue weighted by molar-refractivity contribution is 9.10. The van der Waals surface area contributed by atoms with Gasteiger partial charge in [0.15, 0.2) is 0 Å². The number of hydrogen-bond donors (Lipinski definition) is 1. The summed E-state index contributed by atoms with van der Waals surface area (Å²) in [6.07, 6.45) is 7.96. The summed E-state index contributed by atoms with van der Waals surface area (Å²) >= 11 is 3.38. The summed E-state index contributed by atoms with van der Waals surface area (Å²) in [5, 5.41) is 9.47. The van der Waals surface area contributed by atoms with Crippen molar-refractivity contribution in [2.45, 2.75) is 32.1 Å². The molecule has 1 unspecified atom stereocenters. The van der Waals surface area contributed by atoms with Crippen molar-refractivity contribution in [1.29, 1.82) is 0 Å². The molecule has 2 nitrogen and oxygen atoms in total. The van der Waals surface area contributed by atoms with Gasteiger partial charge in [0.1, 0.15) is 0 Å². The molecule has 0 aliphatic heterocycles. The van der Waals surface area contributed by atoms with E-state index in [2.05, 4.69) is 20.9 Å². The van der Waals surface area contributed by atoms with Crippen LogP contribution in [0.2, 0.25) is 0 Å². The van der Waals surface area contributed by atoms with E-state index < -0.39 is 0 Å². The Morgan fingerprint density at radius 2 is 2.12 bits per heavy atom. The van der Waals surface area contributed by atoms with Crippen LogP contribution in [0.25, 0.3) is 0 Å². The molecular weight excluding hydrogens is 266 g/mol. The third-order valence-corrected chi connectivity index (χ3v) is 4.03. The van der Waals surface area contributed by atoms with Crippen LogP contribution >= 0.6 is 15.9 Å². The molecule has 0 aromatic carbocycles. The van der Waals surface area contributed by atoms with E-state index in [1.54, 1.807) is 0 Å². The highest BCUT2D eigenvalue weighted by Crippen LogP contribution is 2.32. The fourth-order valence-electron chi connectivity index (χ4n) is 2.60. The van der Waals surface area contributed by atoms with Crippen LogP contribution in [0.15, 0.2) is 22.8 Å². The lowest BCUT2D eigenvalue weighted by atomic mass is 9.87. The summed E-state index contributed by atoms with van der Waals surface area (Å²) in [5.74, 6) is 1.10. The fourth-order valence-corrected chi connectivity index (χ4v) is 2.84. The number of pyridine rings is 1. The molecule has 1 heterocycles. The smallest absolute Gasteiger partial charge is 0.0465 e. The van der Waals surface area contributed by atoms with Crippen LogP contribution < -0.4 is 0 Å². The predicted molar refractivity (Wildman–Crippen MR) is 68.2 cm³/mol. The predicted octanol–water partition coefficient (Wildman–Crippen LogP) is 3.19. The van der Waals surface area contributed by atoms with Gasteiger partial charge in [-0.15, -0.1) is 0 Å². The van der Waals surface area contributed by atoms with Gasteiger partial charge in [0.2, 0.25) is 0 Å². The quantitative estimate of drug-likeness (QED) is 0.921. The van der Waals surface area contributed by atoms with Crippen molar-refractivity contribution in [2.75, 3.05) is 6.61 Å². The molecule has 88 valence electrons. The molecule has 1 saturated carbocycles. The molecule has 1 aliphatic carbocycles. The molecule has 1 N–H and O–H groups in total. The fraction of sp³-hybridized carbons (Fsp3) is 0.615. The summed E-state index contributed by atoms with van der Waals surface area (Å²) in [6, 6.07) is 4.06. The number of nitrogens with zero attached hydrogens (tertiary/aromatic N) is 1. The van der Waals surface area contributed by atoms with Gasteiger partial charge in [0.25, 0.3) is 0 Å². The van der Waals surface area contributed by atoms with Crippen molar-refractivity contribution in [1.82, 2.24) is 4.98 Å². The van der Waals surface area contributed by atoms with Gasteiger partial charge in [-0.2, -0.15) is 0 Å². The van der Waals surface area contributed by atoms with Crippen molar-refractivity contribution in [2.24, 2.45) is 11.8 Å². The average molecular weight is 284 g/mol. The molecule has 2 rings (SSSR count). The Bertz CT molecular complexity index is 319. The minimum Gasteiger partial charge on any atom is -0.396 e. The first-order valence-electron chi connectivity index (χ1n) is 6.01. The molecule has 3 heteroatoms. The molecular formula is C13H18BrNO. The molecule has 1 atom stereocenters. The Morgan fingerprint density at radius 1 is 1.38 bits per heavy atom. The maximum atomic E-state index is 9.47. The first-order valence-corrected chi connectivity index (χ1v) is 6.80. The van der Waals surface area contributed by atoms with Crippen LogP contribution in [-0.4, -0.2) is 16.7 Å². The molecule has 1 fully saturated rings. The van der Waals surface area contributed by atoms with E-state index in [-0.39, 0.29) is 0 Å². The van der Waals surface area contributed by atoms with E-state index in [1.807, 2.05) is 18.3 Å². The standard InChI is InChI=1S/C13H18BrNO/c14-12-5-6-13(15-8-12)7-11(9-16)10-3-1-2-4-10/h5-6,8,10-11,16H,1-4,7,9H2. The normalized spacial score (nSPS) is 18.9. The van der Waals surface area contributed by atoms with Gasteiger partial charge in [0, 0.05) is 23.0 Å². The monoisotopic (exact) mass is 283 g/mol. The average Bonchev–Trinajstić information content (AvgIpc) is 2.82. The Kier molecular flexibility index (Phi) is 4.36. The van der Waals surface area contributed by atoms with E-state index in [0.717, 1.165) is 16.6 Å². The number of aliphatic hydroxyl groups excluding tert-OH is 1. The summed E-state index contributed by atoms with van der Waals surface area (Å²) in [4.78, 5) is 4.38. The number of aliphatic hydroxyl groups is 1. The minimum atomic E-state index is 0.294. The Hall–Kier alpha value is -0.410. The highest BCUT2D eigenvalue weighted by atomic mass is 79.9. The summed E-state index contributed by atoms with van der Waals surface area (Å²) < 4.78 is 1.01. The van der Waals surface area contributed by atoms with Crippen LogP contribution in [0.4, 0.5) is 0 Å². The summed E-state index contributed by atoms with van der Waals surface area (Å²) in [5.41, 5.74) is 1.09. The second kappa shape index (κ2) is 5.78. The topological polar surface area (TPSA) is 33.1 Å². The van der Waals surface area contributed by atoms with E-state index in [4.69, 9.17) is 0 Å². The van der Waals surface area contributed by atoms with Crippen molar-refractivity contribution >= 4 is 15.9 Å². The number of rotatable bonds is 4. The first kappa shape index (κ1) is 12.1. The van der Waals surface area contributed by atoms with Gasteiger partial charge in [-0.05, 0) is 46.3 Å². The summed E-state index contributed by atoms with van der Waals surface area (Å²) in [6.45, 7) is 0.294. The van der Waals surface area contributed by atoms with Gasteiger partial charge in [-0.1, -0.05) is 25.7 Å². The van der Waals surface area contributed by atoms with Gasteiger partial charge in [-0.3, -0.25) is 4.98 Å². The van der Waals surface area contributed by atoms with E-state index in [9.17, 15) is 5.11 Å². The molecule has 16 heavy (non-hydrogen) atoms. The van der Waals surface area contributed by atoms with Gasteiger partial charge in [-0.25, -0.2) is 0 Å². The van der Waals surface area contributed by atoms with Crippen molar-refractivity contribution in [3.8, 4) is 0 Å². The van der Waals surface area contributed by atoms with Crippen LogP contribution in [0, 0.1) is 11.8 Å². The SMILES string of the molecule is OCC(Cc1ccc(Br)cn1)C1CCCC1. The van der Waals surface area contributed by atoms with Crippen molar-refractivity contribution < 1.29 is 5.11 Å². The largest absolute Gasteiger partial charge is 0.396 e. The van der Waals surface area contributed by atoms with Crippen LogP contribution in [-0.2, 0) is 6.42 Å². The Morgan fingerprint density at radius 3 is 2.69 bits per heavy atom. The molecule has 0 saturated heterocycles. The molecule has 1 aromatic rings. The lowest BCUT2D eigenvalue weighted by Crippen LogP contribution is -2.19. The van der Waals surface area contributed by atoms with Gasteiger partial charge >= 0.3 is 0 Å². The van der Waals surface area contributed by atoms with E-state index in [0.29, 0.717) is 18.4 Å². The van der Waals surface area contributed by atoms with Gasteiger partial charge < -0.3 is 5.11 Å². The third-order valence-electron chi connectivity index (χ3n) is 3.56. The maximum absolute atomic E-state index is 9.47. The number of halogens is 1. The number of hydrogen-bond acceptors (Lipinski definition) is 2. The Labute approximate surface area is 105 Å². The molecule has 1 aliphatic rings. The van der Waals surface area contributed by atoms with Crippen molar-refractivity contribution in [3.63, 3.8) is 0 Å². The van der Waals surface area contributed by atoms with E-state index in [1.165, 1.54) is 25.7 Å². The molecule has 0 spiro atoms. The zero-order valence-corrected chi connectivity index (χ0v) is 11.0. The third kappa shape index (κ3) is 3.05. The second-order valence-corrected chi connectivity index (χ2v) is 5.57.